The Hall–Kier alpha value is -4.65. The van der Waals surface area contributed by atoms with Gasteiger partial charge >= 0.3 is 17.1 Å². The van der Waals surface area contributed by atoms with E-state index in [0.29, 0.717) is 40.7 Å². The fourth-order valence-corrected chi connectivity index (χ4v) is 3.52. The third kappa shape index (κ3) is 7.67. The van der Waals surface area contributed by atoms with E-state index in [1.165, 1.54) is 12.1 Å². The van der Waals surface area contributed by atoms with Crippen LogP contribution in [0.5, 0.6) is 17.2 Å². The molecular weight excluding hydrogens is 536 g/mol. The van der Waals surface area contributed by atoms with E-state index in [0.717, 1.165) is 0 Å². The monoisotopic (exact) mass is 559 g/mol. The first-order valence-electron chi connectivity index (χ1n) is 11.8. The molecule has 5 rings (SSSR count). The molecule has 0 saturated carbocycles. The number of benzene rings is 4. The molecule has 39 heavy (non-hydrogen) atoms. The van der Waals surface area contributed by atoms with Crippen molar-refractivity contribution in [2.24, 2.45) is 9.98 Å². The third-order valence-corrected chi connectivity index (χ3v) is 5.45. The fourth-order valence-electron chi connectivity index (χ4n) is 3.52. The van der Waals surface area contributed by atoms with Crippen LogP contribution in [-0.4, -0.2) is 25.5 Å². The summed E-state index contributed by atoms with van der Waals surface area (Å²) in [7, 11) is 0. The van der Waals surface area contributed by atoms with E-state index in [1.807, 2.05) is 6.07 Å². The number of aliphatic imine (C=N–C) groups is 2. The van der Waals surface area contributed by atoms with Crippen molar-refractivity contribution < 1.29 is 36.8 Å². The molecule has 7 nitrogen and oxygen atoms in total. The molecule has 0 amide bonds. The molecule has 0 fully saturated rings. The molecule has 0 aliphatic heterocycles. The van der Waals surface area contributed by atoms with E-state index >= 15 is 0 Å². The maximum atomic E-state index is 12.0. The van der Waals surface area contributed by atoms with Crippen LogP contribution in [0.25, 0.3) is 22.3 Å². The molecule has 0 saturated heterocycles. The van der Waals surface area contributed by atoms with Gasteiger partial charge in [0, 0.05) is 18.0 Å². The summed E-state index contributed by atoms with van der Waals surface area (Å²) in [5, 5.41) is 35.1. The summed E-state index contributed by atoms with van der Waals surface area (Å²) in [5.41, 5.74) is 1.67. The molecule has 0 unspecified atom stereocenters. The largest absolute Gasteiger partial charge is 3.00 e. The molecule has 0 aliphatic rings. The maximum Gasteiger partial charge on any atom is 3.00 e. The minimum Gasteiger partial charge on any atom is -0.872 e. The van der Waals surface area contributed by atoms with Gasteiger partial charge in [0.25, 0.3) is 0 Å². The zero-order valence-corrected chi connectivity index (χ0v) is 21.8. The van der Waals surface area contributed by atoms with Crippen molar-refractivity contribution in [2.75, 3.05) is 13.1 Å². The maximum absolute atomic E-state index is 12.0. The number of hydrogen-bond donors (Lipinski definition) is 0. The van der Waals surface area contributed by atoms with E-state index in [-0.39, 0.29) is 34.3 Å². The molecule has 1 heterocycles. The minimum absolute atomic E-state index is 0. The predicted molar refractivity (Wildman–Crippen MR) is 144 cm³/mol. The Labute approximate surface area is 235 Å². The van der Waals surface area contributed by atoms with Gasteiger partial charge in [-0.25, -0.2) is 0 Å². The Bertz CT molecular complexity index is 1580. The van der Waals surface area contributed by atoms with Crippen LogP contribution in [0.3, 0.4) is 0 Å². The summed E-state index contributed by atoms with van der Waals surface area (Å²) in [5.74, 6) is -0.584. The molecule has 4 aromatic carbocycles. The Morgan fingerprint density at radius 3 is 1.69 bits per heavy atom. The van der Waals surface area contributed by atoms with Crippen molar-refractivity contribution >= 4 is 23.4 Å². The van der Waals surface area contributed by atoms with Gasteiger partial charge in [0.15, 0.2) is 5.43 Å². The normalized spacial score (nSPS) is 10.8. The molecular formula is C31H23FeN2O5. The Kier molecular flexibility index (Phi) is 10.6. The van der Waals surface area contributed by atoms with E-state index in [9.17, 15) is 20.1 Å². The average molecular weight is 559 g/mol. The number of rotatable bonds is 6. The van der Waals surface area contributed by atoms with Gasteiger partial charge in [0.2, 0.25) is 0 Å². The number of nitrogens with zero attached hydrogens (tertiary/aromatic N) is 2. The second-order valence-corrected chi connectivity index (χ2v) is 8.10. The zero-order chi connectivity index (χ0) is 26.7. The molecule has 8 heteroatoms. The number of fused-ring (bicyclic) bond motifs is 1. The first-order chi connectivity index (χ1) is 18.5. The van der Waals surface area contributed by atoms with Gasteiger partial charge in [-0.2, -0.15) is 0 Å². The van der Waals surface area contributed by atoms with Gasteiger partial charge in [-0.05, 0) is 29.0 Å². The molecule has 0 spiro atoms. The van der Waals surface area contributed by atoms with Gasteiger partial charge < -0.3 is 19.7 Å². The van der Waals surface area contributed by atoms with E-state index in [1.54, 1.807) is 97.4 Å². The van der Waals surface area contributed by atoms with E-state index in [2.05, 4.69) is 9.98 Å². The van der Waals surface area contributed by atoms with Gasteiger partial charge in [0.05, 0.1) is 18.5 Å². The smallest absolute Gasteiger partial charge is 0.872 e. The van der Waals surface area contributed by atoms with Gasteiger partial charge in [-0.3, -0.25) is 14.8 Å². The summed E-state index contributed by atoms with van der Waals surface area (Å²) in [6, 6.07) is 29.1. The summed E-state index contributed by atoms with van der Waals surface area (Å²) in [6.45, 7) is 0.956. The molecule has 0 N–H and O–H groups in total. The Morgan fingerprint density at radius 2 is 1.13 bits per heavy atom. The van der Waals surface area contributed by atoms with Gasteiger partial charge in [-0.1, -0.05) is 91.0 Å². The summed E-state index contributed by atoms with van der Waals surface area (Å²) >= 11 is 0. The molecule has 0 atom stereocenters. The van der Waals surface area contributed by atoms with Crippen LogP contribution in [0.15, 0.2) is 122 Å². The fraction of sp³-hybridized carbons (Fsp3) is 0.0645. The topological polar surface area (TPSA) is 124 Å². The molecule has 195 valence electrons. The average Bonchev–Trinajstić information content (AvgIpc) is 2.95. The van der Waals surface area contributed by atoms with Crippen LogP contribution in [0.4, 0.5) is 0 Å². The van der Waals surface area contributed by atoms with Crippen LogP contribution < -0.4 is 20.7 Å². The minimum atomic E-state index is -0.597. The van der Waals surface area contributed by atoms with Gasteiger partial charge in [-0.15, -0.1) is 11.5 Å². The third-order valence-electron chi connectivity index (χ3n) is 5.45. The first kappa shape index (κ1) is 28.9. The SMILES string of the molecule is O=c1c([O-])c(-c2ccccc2)oc2ccccc12.[Fe+3].[O-]c1ccccc1C=NCCN=Cc1ccccc1[O-]. The molecule has 5 aromatic rings. The number of hydrogen-bond acceptors (Lipinski definition) is 7. The number of para-hydroxylation sites is 3. The molecule has 0 bridgehead atoms. The van der Waals surface area contributed by atoms with Crippen LogP contribution in [0.2, 0.25) is 0 Å². The standard InChI is InChI=1S/C16H16N2O2.C15H10O3.Fe/c19-15-7-3-1-5-13(15)11-17-9-10-18-12-14-6-2-4-8-16(14)20;16-13-11-8-4-5-9-12(11)18-15(14(13)17)10-6-2-1-3-7-10;/h1-8,11-12,19-20H,9-10H2;1-9,17H;/q;;+3/p-3. The van der Waals surface area contributed by atoms with Crippen LogP contribution in [0, 0.1) is 0 Å². The summed E-state index contributed by atoms with van der Waals surface area (Å²) in [6.07, 6.45) is 3.11. The van der Waals surface area contributed by atoms with Gasteiger partial charge in [0.1, 0.15) is 11.3 Å². The predicted octanol–water partition coefficient (Wildman–Crippen LogP) is 3.90. The first-order valence-corrected chi connectivity index (χ1v) is 11.8. The Balaban J connectivity index is 0.000000211. The van der Waals surface area contributed by atoms with E-state index in [4.69, 9.17) is 4.42 Å². The van der Waals surface area contributed by atoms with E-state index < -0.39 is 11.2 Å². The Morgan fingerprint density at radius 1 is 0.641 bits per heavy atom. The second-order valence-electron chi connectivity index (χ2n) is 8.10. The molecule has 0 aliphatic carbocycles. The van der Waals surface area contributed by atoms with Crippen molar-refractivity contribution in [2.45, 2.75) is 0 Å². The molecule has 1 radical (unpaired) electrons. The quantitative estimate of drug-likeness (QED) is 0.177. The second kappa shape index (κ2) is 14.3. The van der Waals surface area contributed by atoms with Crippen molar-refractivity contribution in [3.05, 3.63) is 124 Å². The van der Waals surface area contributed by atoms with Crippen molar-refractivity contribution in [3.63, 3.8) is 0 Å². The van der Waals surface area contributed by atoms with Crippen molar-refractivity contribution in [1.29, 1.82) is 0 Å². The summed E-state index contributed by atoms with van der Waals surface area (Å²) < 4.78 is 5.55. The van der Waals surface area contributed by atoms with Crippen molar-refractivity contribution in [1.82, 2.24) is 0 Å². The van der Waals surface area contributed by atoms with Crippen LogP contribution in [-0.2, 0) is 17.1 Å². The van der Waals surface area contributed by atoms with Crippen LogP contribution in [0.1, 0.15) is 11.1 Å². The molecule has 1 aromatic heterocycles. The van der Waals surface area contributed by atoms with Crippen LogP contribution >= 0.6 is 0 Å². The zero-order valence-electron chi connectivity index (χ0n) is 20.7. The summed E-state index contributed by atoms with van der Waals surface area (Å²) in [4.78, 5) is 20.2. The van der Waals surface area contributed by atoms with Crippen molar-refractivity contribution in [3.8, 4) is 28.6 Å².